The molecule has 0 heterocycles. The summed E-state index contributed by atoms with van der Waals surface area (Å²) in [4.78, 5) is 0. The minimum absolute atomic E-state index is 0.391. The minimum Gasteiger partial charge on any atom is -0.385 e. The molecule has 1 atom stereocenters. The smallest absolute Gasteiger partial charge is 0.108 e. The van der Waals surface area contributed by atoms with Gasteiger partial charge in [0.25, 0.3) is 0 Å². The average molecular weight is 262 g/mol. The van der Waals surface area contributed by atoms with Gasteiger partial charge in [-0.3, -0.25) is 0 Å². The molecule has 0 bridgehead atoms. The second-order valence-electron chi connectivity index (χ2n) is 5.93. The first-order valence-corrected chi connectivity index (χ1v) is 7.39. The molecule has 2 rings (SSSR count). The van der Waals surface area contributed by atoms with E-state index in [0.29, 0.717) is 0 Å². The molecule has 19 heavy (non-hydrogen) atoms. The molecule has 2 nitrogen and oxygen atoms in total. The van der Waals surface area contributed by atoms with Gasteiger partial charge in [0, 0.05) is 7.11 Å². The molecule has 1 aromatic carbocycles. The van der Waals surface area contributed by atoms with Gasteiger partial charge in [-0.1, -0.05) is 43.9 Å². The van der Waals surface area contributed by atoms with Gasteiger partial charge < -0.3 is 9.84 Å². The summed E-state index contributed by atoms with van der Waals surface area (Å²) in [6.45, 7) is 4.20. The lowest BCUT2D eigenvalue weighted by Gasteiger charge is -2.36. The van der Waals surface area contributed by atoms with Crippen LogP contribution < -0.4 is 0 Å². The number of methoxy groups -OCH3 is 1. The molecule has 0 radical (unpaired) electrons. The van der Waals surface area contributed by atoms with E-state index in [4.69, 9.17) is 4.74 Å². The number of ether oxygens (including phenoxy) is 1. The summed E-state index contributed by atoms with van der Waals surface area (Å²) in [6, 6.07) is 6.23. The summed E-state index contributed by atoms with van der Waals surface area (Å²) < 4.78 is 5.80. The van der Waals surface area contributed by atoms with E-state index in [1.165, 1.54) is 24.0 Å². The third-order valence-electron chi connectivity index (χ3n) is 4.70. The normalized spacial score (nSPS) is 20.8. The highest BCUT2D eigenvalue weighted by Crippen LogP contribution is 2.40. The topological polar surface area (TPSA) is 29.5 Å². The van der Waals surface area contributed by atoms with Gasteiger partial charge in [0.1, 0.15) is 6.10 Å². The molecule has 1 aromatic rings. The van der Waals surface area contributed by atoms with Crippen molar-refractivity contribution < 1.29 is 9.84 Å². The second-order valence-corrected chi connectivity index (χ2v) is 5.93. The quantitative estimate of drug-likeness (QED) is 0.832. The Labute approximate surface area is 116 Å². The molecule has 1 unspecified atom stereocenters. The maximum atomic E-state index is 10.8. The molecular weight excluding hydrogens is 236 g/mol. The molecule has 1 aliphatic rings. The van der Waals surface area contributed by atoms with Crippen molar-refractivity contribution in [3.8, 4) is 0 Å². The molecule has 0 spiro atoms. The fraction of sp³-hybridized carbons (Fsp3) is 0.647. The van der Waals surface area contributed by atoms with E-state index < -0.39 is 11.7 Å². The van der Waals surface area contributed by atoms with Gasteiger partial charge in [0.05, 0.1) is 5.60 Å². The van der Waals surface area contributed by atoms with E-state index in [0.717, 1.165) is 31.2 Å². The molecule has 1 fully saturated rings. The summed E-state index contributed by atoms with van der Waals surface area (Å²) in [5, 5.41) is 10.8. The van der Waals surface area contributed by atoms with E-state index in [2.05, 4.69) is 26.0 Å². The first-order valence-electron chi connectivity index (χ1n) is 7.39. The number of benzene rings is 1. The van der Waals surface area contributed by atoms with Gasteiger partial charge in [-0.05, 0) is 43.4 Å². The molecule has 0 aromatic heterocycles. The highest BCUT2D eigenvalue weighted by Gasteiger charge is 2.39. The van der Waals surface area contributed by atoms with Crippen LogP contribution in [0.25, 0.3) is 0 Å². The highest BCUT2D eigenvalue weighted by molar-refractivity contribution is 5.32. The van der Waals surface area contributed by atoms with Crippen LogP contribution in [0.15, 0.2) is 18.2 Å². The Hall–Kier alpha value is -0.860. The average Bonchev–Trinajstić information content (AvgIpc) is 2.67. The predicted molar refractivity (Wildman–Crippen MR) is 78.3 cm³/mol. The van der Waals surface area contributed by atoms with Crippen molar-refractivity contribution in [2.24, 2.45) is 0 Å². The lowest BCUT2D eigenvalue weighted by Crippen LogP contribution is -2.38. The zero-order chi connectivity index (χ0) is 13.9. The molecule has 1 saturated carbocycles. The second kappa shape index (κ2) is 6.06. The van der Waals surface area contributed by atoms with Gasteiger partial charge in [0.2, 0.25) is 0 Å². The van der Waals surface area contributed by atoms with E-state index in [1.54, 1.807) is 7.11 Å². The Morgan fingerprint density at radius 2 is 1.68 bits per heavy atom. The van der Waals surface area contributed by atoms with Crippen LogP contribution in [0.1, 0.15) is 61.3 Å². The molecule has 1 N–H and O–H groups in total. The predicted octanol–water partition coefficient (Wildman–Crippen LogP) is 4.08. The van der Waals surface area contributed by atoms with E-state index >= 15 is 0 Å². The van der Waals surface area contributed by atoms with Gasteiger partial charge >= 0.3 is 0 Å². The third kappa shape index (κ3) is 3.01. The summed E-state index contributed by atoms with van der Waals surface area (Å²) in [5.74, 6) is 0. The zero-order valence-corrected chi connectivity index (χ0v) is 12.4. The van der Waals surface area contributed by atoms with E-state index in [1.807, 2.05) is 6.07 Å². The van der Waals surface area contributed by atoms with Crippen molar-refractivity contribution in [2.45, 2.75) is 64.1 Å². The summed E-state index contributed by atoms with van der Waals surface area (Å²) in [6.07, 6.45) is 6.20. The van der Waals surface area contributed by atoms with Crippen LogP contribution >= 0.6 is 0 Å². The van der Waals surface area contributed by atoms with Crippen LogP contribution in [0.3, 0.4) is 0 Å². The maximum absolute atomic E-state index is 10.8. The summed E-state index contributed by atoms with van der Waals surface area (Å²) in [7, 11) is 1.75. The monoisotopic (exact) mass is 262 g/mol. The van der Waals surface area contributed by atoms with Crippen molar-refractivity contribution >= 4 is 0 Å². The van der Waals surface area contributed by atoms with Crippen LogP contribution in [-0.2, 0) is 4.74 Å². The van der Waals surface area contributed by atoms with Crippen LogP contribution in [0.4, 0.5) is 0 Å². The molecule has 2 heteroatoms. The van der Waals surface area contributed by atoms with Crippen molar-refractivity contribution in [2.75, 3.05) is 7.11 Å². The van der Waals surface area contributed by atoms with Gasteiger partial charge in [-0.2, -0.15) is 0 Å². The Bertz CT molecular complexity index is 417. The van der Waals surface area contributed by atoms with Crippen molar-refractivity contribution in [1.29, 1.82) is 0 Å². The number of aliphatic hydroxyl groups is 1. The number of hydrogen-bond donors (Lipinski definition) is 1. The number of aliphatic hydroxyl groups excluding tert-OH is 1. The Morgan fingerprint density at radius 1 is 1.05 bits per heavy atom. The first kappa shape index (κ1) is 14.5. The van der Waals surface area contributed by atoms with Gasteiger partial charge in [0.15, 0.2) is 0 Å². The molecule has 0 aliphatic heterocycles. The van der Waals surface area contributed by atoms with Crippen molar-refractivity contribution in [3.05, 3.63) is 34.9 Å². The maximum Gasteiger partial charge on any atom is 0.108 e. The standard InChI is InChI=1S/C17H26O2/c1-13-8-9-15(12-14(13)2)16(18)17(19-3)10-6-4-5-7-11-17/h8-9,12,16,18H,4-7,10-11H2,1-3H3. The van der Waals surface area contributed by atoms with Gasteiger partial charge in [-0.15, -0.1) is 0 Å². The minimum atomic E-state index is -0.519. The van der Waals surface area contributed by atoms with Crippen molar-refractivity contribution in [1.82, 2.24) is 0 Å². The molecule has 0 saturated heterocycles. The Morgan fingerprint density at radius 3 is 2.21 bits per heavy atom. The Balaban J connectivity index is 2.28. The SMILES string of the molecule is COC1(C(O)c2ccc(C)c(C)c2)CCCCCC1. The lowest BCUT2D eigenvalue weighted by atomic mass is 9.83. The Kier molecular flexibility index (Phi) is 4.64. The van der Waals surface area contributed by atoms with Gasteiger partial charge in [-0.25, -0.2) is 0 Å². The van der Waals surface area contributed by atoms with Crippen LogP contribution in [0, 0.1) is 13.8 Å². The summed E-state index contributed by atoms with van der Waals surface area (Å²) >= 11 is 0. The van der Waals surface area contributed by atoms with Crippen LogP contribution in [0.2, 0.25) is 0 Å². The molecule has 1 aliphatic carbocycles. The van der Waals surface area contributed by atoms with Crippen LogP contribution in [-0.4, -0.2) is 17.8 Å². The fourth-order valence-corrected chi connectivity index (χ4v) is 3.15. The fourth-order valence-electron chi connectivity index (χ4n) is 3.15. The highest BCUT2D eigenvalue weighted by atomic mass is 16.5. The molecule has 0 amide bonds. The zero-order valence-electron chi connectivity index (χ0n) is 12.4. The number of rotatable bonds is 3. The van der Waals surface area contributed by atoms with E-state index in [9.17, 15) is 5.11 Å². The molecule has 106 valence electrons. The first-order chi connectivity index (χ1) is 9.09. The largest absolute Gasteiger partial charge is 0.385 e. The van der Waals surface area contributed by atoms with Crippen LogP contribution in [0.5, 0.6) is 0 Å². The lowest BCUT2D eigenvalue weighted by molar-refractivity contribution is -0.114. The number of hydrogen-bond acceptors (Lipinski definition) is 2. The summed E-state index contributed by atoms with van der Waals surface area (Å²) in [5.41, 5.74) is 3.10. The third-order valence-corrected chi connectivity index (χ3v) is 4.70. The van der Waals surface area contributed by atoms with E-state index in [-0.39, 0.29) is 0 Å². The number of aryl methyl sites for hydroxylation is 2. The van der Waals surface area contributed by atoms with Crippen molar-refractivity contribution in [3.63, 3.8) is 0 Å². The molecular formula is C17H26O2.